The monoisotopic (exact) mass is 549 g/mol. The first-order chi connectivity index (χ1) is 19.3. The molecule has 2 heterocycles. The molecule has 0 radical (unpaired) electrons. The summed E-state index contributed by atoms with van der Waals surface area (Å²) in [5, 5.41) is 11.9. The molecule has 0 aromatic heterocycles. The highest BCUT2D eigenvalue weighted by Gasteiger charge is 2.44. The molecule has 2 aromatic carbocycles. The molecular weight excluding hydrogens is 510 g/mol. The van der Waals surface area contributed by atoms with Gasteiger partial charge >= 0.3 is 12.0 Å². The molecule has 40 heavy (non-hydrogen) atoms. The van der Waals surface area contributed by atoms with E-state index in [1.807, 2.05) is 36.4 Å². The molecule has 0 bridgehead atoms. The molecule has 3 N–H and O–H groups in total. The number of hydrazine groups is 1. The van der Waals surface area contributed by atoms with E-state index in [2.05, 4.69) is 0 Å². The highest BCUT2D eigenvalue weighted by atomic mass is 16.6. The molecule has 5 rings (SSSR count). The Morgan fingerprint density at radius 3 is 2.45 bits per heavy atom. The lowest BCUT2D eigenvalue weighted by molar-refractivity contribution is -0.174. The second-order valence-electron chi connectivity index (χ2n) is 11.0. The van der Waals surface area contributed by atoms with Crippen LogP contribution in [0.15, 0.2) is 54.6 Å². The van der Waals surface area contributed by atoms with Crippen LogP contribution in [0.3, 0.4) is 0 Å². The van der Waals surface area contributed by atoms with Gasteiger partial charge in [-0.3, -0.25) is 4.79 Å². The molecule has 1 saturated carbocycles. The smallest absolute Gasteiger partial charge is 0.330 e. The number of carbonyl (C=O) groups excluding carboxylic acids is 3. The van der Waals surface area contributed by atoms with Crippen LogP contribution >= 0.6 is 0 Å². The van der Waals surface area contributed by atoms with Gasteiger partial charge in [0, 0.05) is 32.6 Å². The largest absolute Gasteiger partial charge is 0.445 e. The van der Waals surface area contributed by atoms with Gasteiger partial charge in [-0.1, -0.05) is 67.8 Å². The predicted octanol–water partition coefficient (Wildman–Crippen LogP) is 2.99. The number of rotatable bonds is 4. The van der Waals surface area contributed by atoms with E-state index in [9.17, 15) is 19.5 Å². The fourth-order valence-corrected chi connectivity index (χ4v) is 6.21. The highest BCUT2D eigenvalue weighted by Crippen LogP contribution is 2.32. The minimum Gasteiger partial charge on any atom is -0.445 e. The average molecular weight is 550 g/mol. The van der Waals surface area contributed by atoms with Crippen LogP contribution in [-0.2, 0) is 27.3 Å². The van der Waals surface area contributed by atoms with Gasteiger partial charge in [0.05, 0.1) is 5.69 Å². The number of carbonyl (C=O) groups is 3. The predicted molar refractivity (Wildman–Crippen MR) is 149 cm³/mol. The van der Waals surface area contributed by atoms with Gasteiger partial charge in [-0.25, -0.2) is 25.3 Å². The molecule has 10 heteroatoms. The molecule has 3 aliphatic rings. The van der Waals surface area contributed by atoms with Crippen molar-refractivity contribution in [2.24, 2.45) is 5.84 Å². The Hall–Kier alpha value is -3.47. The molecule has 3 amide bonds. The lowest BCUT2D eigenvalue weighted by atomic mass is 9.92. The Bertz CT molecular complexity index is 1200. The number of ether oxygens (including phenoxy) is 1. The SMILES string of the molecule is CN(Cc1ccccc1)C(=O)N(C1CCCCC1)C1Cc2ccccc2N(N)C(=O)C(O)N2CCCC2OC1=O. The maximum absolute atomic E-state index is 14.2. The normalized spacial score (nSPS) is 24.5. The summed E-state index contributed by atoms with van der Waals surface area (Å²) in [6.45, 7) is 0.783. The molecule has 1 saturated heterocycles. The van der Waals surface area contributed by atoms with Crippen molar-refractivity contribution < 1.29 is 24.2 Å². The van der Waals surface area contributed by atoms with Gasteiger partial charge in [-0.05, 0) is 42.9 Å². The first-order valence-corrected chi connectivity index (χ1v) is 14.2. The number of aliphatic hydroxyl groups is 1. The first-order valence-electron chi connectivity index (χ1n) is 14.2. The van der Waals surface area contributed by atoms with Crippen molar-refractivity contribution in [1.82, 2.24) is 14.7 Å². The molecule has 3 atom stereocenters. The van der Waals surface area contributed by atoms with Gasteiger partial charge in [-0.2, -0.15) is 0 Å². The van der Waals surface area contributed by atoms with Crippen molar-refractivity contribution in [3.05, 3.63) is 65.7 Å². The number of hydrogen-bond acceptors (Lipinski definition) is 7. The number of hydrogen-bond donors (Lipinski definition) is 2. The summed E-state index contributed by atoms with van der Waals surface area (Å²) in [4.78, 5) is 46.3. The molecule has 0 spiro atoms. The van der Waals surface area contributed by atoms with E-state index < -0.39 is 30.4 Å². The van der Waals surface area contributed by atoms with Gasteiger partial charge in [0.15, 0.2) is 12.5 Å². The van der Waals surface area contributed by atoms with E-state index in [4.69, 9.17) is 10.6 Å². The summed E-state index contributed by atoms with van der Waals surface area (Å²) in [7, 11) is 1.75. The number of fused-ring (bicyclic) bond motifs is 2. The lowest BCUT2D eigenvalue weighted by Crippen LogP contribution is -2.57. The maximum atomic E-state index is 14.2. The lowest BCUT2D eigenvalue weighted by Gasteiger charge is -2.41. The minimum atomic E-state index is -1.55. The van der Waals surface area contributed by atoms with E-state index in [0.29, 0.717) is 37.2 Å². The number of aliphatic hydroxyl groups excluding tert-OH is 1. The zero-order valence-electron chi connectivity index (χ0n) is 23.0. The molecule has 2 aromatic rings. The van der Waals surface area contributed by atoms with Gasteiger partial charge in [0.1, 0.15) is 6.04 Å². The molecule has 214 valence electrons. The van der Waals surface area contributed by atoms with Crippen LogP contribution in [0, 0.1) is 0 Å². The number of esters is 1. The standard InChI is InChI=1S/C30H39N5O5/c1-32(20-21-11-4-2-5-12-21)30(39)34(23-14-6-3-7-15-23)25-19-22-13-8-9-16-24(22)35(31)28(37)27(36)33-18-10-17-26(33)40-29(25)38/h2,4-5,8-9,11-13,16,23,25-27,36H,3,6-7,10,14-15,17-20,31H2,1H3. The number of nitrogens with zero attached hydrogens (tertiary/aromatic N) is 4. The summed E-state index contributed by atoms with van der Waals surface area (Å²) in [6.07, 6.45) is 3.56. The number of nitrogens with two attached hydrogens (primary N) is 1. The number of para-hydroxylation sites is 1. The van der Waals surface area contributed by atoms with Crippen LogP contribution in [0.1, 0.15) is 56.1 Å². The molecule has 1 aliphatic carbocycles. The number of anilines is 1. The third kappa shape index (κ3) is 5.84. The average Bonchev–Trinajstić information content (AvgIpc) is 3.44. The van der Waals surface area contributed by atoms with E-state index in [0.717, 1.165) is 42.7 Å². The Kier molecular flexibility index (Phi) is 8.68. The van der Waals surface area contributed by atoms with Crippen LogP contribution in [0.5, 0.6) is 0 Å². The Labute approximate surface area is 235 Å². The quantitative estimate of drug-likeness (QED) is 0.342. The molecule has 2 fully saturated rings. The second-order valence-corrected chi connectivity index (χ2v) is 11.0. The Morgan fingerprint density at radius 2 is 1.70 bits per heavy atom. The van der Waals surface area contributed by atoms with E-state index in [1.54, 1.807) is 35.0 Å². The topological polar surface area (TPSA) is 120 Å². The summed E-state index contributed by atoms with van der Waals surface area (Å²) in [6, 6.07) is 15.5. The van der Waals surface area contributed by atoms with Crippen LogP contribution in [0.4, 0.5) is 10.5 Å². The fraction of sp³-hybridized carbons (Fsp3) is 0.500. The molecule has 10 nitrogen and oxygen atoms in total. The van der Waals surface area contributed by atoms with Crippen LogP contribution in [-0.4, -0.2) is 75.8 Å². The van der Waals surface area contributed by atoms with Crippen molar-refractivity contribution >= 4 is 23.6 Å². The first kappa shape index (κ1) is 28.1. The van der Waals surface area contributed by atoms with Gasteiger partial charge < -0.3 is 19.6 Å². The second kappa shape index (κ2) is 12.4. The van der Waals surface area contributed by atoms with E-state index in [1.165, 1.54) is 4.90 Å². The van der Waals surface area contributed by atoms with Gasteiger partial charge in [0.25, 0.3) is 5.91 Å². The summed E-state index contributed by atoms with van der Waals surface area (Å²) < 4.78 is 6.01. The van der Waals surface area contributed by atoms with Gasteiger partial charge in [0.2, 0.25) is 0 Å². The van der Waals surface area contributed by atoms with Crippen molar-refractivity contribution in [2.75, 3.05) is 18.6 Å². The van der Waals surface area contributed by atoms with Crippen molar-refractivity contribution in [2.45, 2.75) is 82.5 Å². The van der Waals surface area contributed by atoms with Crippen molar-refractivity contribution in [3.63, 3.8) is 0 Å². The minimum absolute atomic E-state index is 0.125. The number of amides is 3. The zero-order valence-corrected chi connectivity index (χ0v) is 23.0. The summed E-state index contributed by atoms with van der Waals surface area (Å²) >= 11 is 0. The van der Waals surface area contributed by atoms with Crippen LogP contribution in [0.2, 0.25) is 0 Å². The Morgan fingerprint density at radius 1 is 1.00 bits per heavy atom. The summed E-state index contributed by atoms with van der Waals surface area (Å²) in [5.74, 6) is 5.04. The van der Waals surface area contributed by atoms with Crippen LogP contribution < -0.4 is 10.9 Å². The summed E-state index contributed by atoms with van der Waals surface area (Å²) in [5.41, 5.74) is 2.00. The fourth-order valence-electron chi connectivity index (χ4n) is 6.21. The number of benzene rings is 2. The third-order valence-corrected chi connectivity index (χ3v) is 8.31. The van der Waals surface area contributed by atoms with Gasteiger partial charge in [-0.15, -0.1) is 0 Å². The number of urea groups is 1. The van der Waals surface area contributed by atoms with E-state index >= 15 is 0 Å². The molecule has 2 aliphatic heterocycles. The molecule has 3 unspecified atom stereocenters. The third-order valence-electron chi connectivity index (χ3n) is 8.31. The molecular formula is C30H39N5O5. The van der Waals surface area contributed by atoms with Crippen molar-refractivity contribution in [1.29, 1.82) is 0 Å². The Balaban J connectivity index is 1.55. The maximum Gasteiger partial charge on any atom is 0.330 e. The van der Waals surface area contributed by atoms with E-state index in [-0.39, 0.29) is 18.5 Å². The zero-order chi connectivity index (χ0) is 28.2. The highest BCUT2D eigenvalue weighted by molar-refractivity contribution is 5.96. The van der Waals surface area contributed by atoms with Crippen molar-refractivity contribution in [3.8, 4) is 0 Å². The van der Waals surface area contributed by atoms with Crippen LogP contribution in [0.25, 0.3) is 0 Å².